The highest BCUT2D eigenvalue weighted by atomic mass is 32.2. The molecule has 0 radical (unpaired) electrons. The lowest BCUT2D eigenvalue weighted by Gasteiger charge is -2.35. The number of hydrogen-bond donors (Lipinski definition) is 0. The zero-order chi connectivity index (χ0) is 12.7. The maximum atomic E-state index is 12.3. The lowest BCUT2D eigenvalue weighted by Crippen LogP contribution is -2.47. The molecular weight excluding hydrogens is 246 g/mol. The van der Waals surface area contributed by atoms with Crippen molar-refractivity contribution in [1.82, 2.24) is 4.90 Å². The van der Waals surface area contributed by atoms with E-state index in [1.54, 1.807) is 4.90 Å². The molecule has 18 heavy (non-hydrogen) atoms. The Hall–Kier alpha value is -1.29. The first-order chi connectivity index (χ1) is 8.66. The summed E-state index contributed by atoms with van der Waals surface area (Å²) in [6, 6.07) is 7.83. The minimum Gasteiger partial charge on any atom is -0.327 e. The van der Waals surface area contributed by atoms with Gasteiger partial charge in [-0.15, -0.1) is 0 Å². The molecule has 0 bridgehead atoms. The third-order valence-corrected chi connectivity index (χ3v) is 4.92. The maximum absolute atomic E-state index is 12.3. The molecule has 1 aromatic rings. The zero-order valence-electron chi connectivity index (χ0n) is 10.3. The summed E-state index contributed by atoms with van der Waals surface area (Å²) in [5.41, 5.74) is 2.38. The number of carbonyl (C=O) groups excluding carboxylic acids is 2. The van der Waals surface area contributed by atoms with Crippen LogP contribution < -0.4 is 0 Å². The van der Waals surface area contributed by atoms with Crippen LogP contribution in [0.5, 0.6) is 0 Å². The third kappa shape index (κ3) is 1.85. The Labute approximate surface area is 111 Å². The van der Waals surface area contributed by atoms with Crippen LogP contribution in [0, 0.1) is 5.92 Å². The van der Waals surface area contributed by atoms with Gasteiger partial charge in [0, 0.05) is 24.6 Å². The van der Waals surface area contributed by atoms with Gasteiger partial charge in [0.1, 0.15) is 6.04 Å². The highest BCUT2D eigenvalue weighted by Gasteiger charge is 2.39. The summed E-state index contributed by atoms with van der Waals surface area (Å²) in [5, 5.41) is 0.141. The van der Waals surface area contributed by atoms with Crippen LogP contribution in [0.3, 0.4) is 0 Å². The third-order valence-electron chi connectivity index (χ3n) is 3.70. The van der Waals surface area contributed by atoms with Gasteiger partial charge in [-0.1, -0.05) is 43.0 Å². The lowest BCUT2D eigenvalue weighted by molar-refractivity contribution is -0.140. The van der Waals surface area contributed by atoms with Crippen molar-refractivity contribution in [3.63, 3.8) is 0 Å². The van der Waals surface area contributed by atoms with E-state index in [0.717, 1.165) is 0 Å². The minimum absolute atomic E-state index is 0.0609. The molecule has 1 fully saturated rings. The van der Waals surface area contributed by atoms with Crippen molar-refractivity contribution in [3.8, 4) is 0 Å². The Balaban J connectivity index is 2.00. The predicted octanol–water partition coefficient (Wildman–Crippen LogP) is 1.85. The first-order valence-corrected chi connectivity index (χ1v) is 7.19. The van der Waals surface area contributed by atoms with Crippen LogP contribution in [0.1, 0.15) is 18.1 Å². The molecule has 94 valence electrons. The van der Waals surface area contributed by atoms with Gasteiger partial charge >= 0.3 is 0 Å². The van der Waals surface area contributed by atoms with Gasteiger partial charge in [-0.3, -0.25) is 9.59 Å². The van der Waals surface area contributed by atoms with Crippen molar-refractivity contribution in [1.29, 1.82) is 0 Å². The number of thioether (sulfide) groups is 1. The van der Waals surface area contributed by atoms with Crippen LogP contribution in [0.25, 0.3) is 0 Å². The molecule has 3 rings (SSSR count). The van der Waals surface area contributed by atoms with Crippen molar-refractivity contribution in [2.45, 2.75) is 25.9 Å². The van der Waals surface area contributed by atoms with Crippen molar-refractivity contribution in [2.24, 2.45) is 5.92 Å². The van der Waals surface area contributed by atoms with Crippen LogP contribution in [0.15, 0.2) is 24.3 Å². The molecule has 4 heteroatoms. The summed E-state index contributed by atoms with van der Waals surface area (Å²) in [6.07, 6.45) is 0.667. The number of amides is 1. The van der Waals surface area contributed by atoms with Crippen LogP contribution in [0.2, 0.25) is 0 Å². The summed E-state index contributed by atoms with van der Waals surface area (Å²) >= 11 is 1.31. The lowest BCUT2D eigenvalue weighted by atomic mass is 9.93. The number of hydrogen-bond acceptors (Lipinski definition) is 3. The first kappa shape index (κ1) is 11.8. The molecule has 2 aliphatic rings. The summed E-state index contributed by atoms with van der Waals surface area (Å²) in [4.78, 5) is 26.2. The quantitative estimate of drug-likeness (QED) is 0.715. The fourth-order valence-electron chi connectivity index (χ4n) is 2.62. The van der Waals surface area contributed by atoms with Crippen LogP contribution in [0.4, 0.5) is 0 Å². The van der Waals surface area contributed by atoms with E-state index >= 15 is 0 Å². The minimum atomic E-state index is -0.262. The second-order valence-electron chi connectivity index (χ2n) is 4.99. The molecule has 1 aromatic carbocycles. The number of carbonyl (C=O) groups is 2. The molecule has 0 saturated carbocycles. The van der Waals surface area contributed by atoms with Crippen molar-refractivity contribution >= 4 is 22.8 Å². The molecule has 2 atom stereocenters. The Morgan fingerprint density at radius 1 is 1.22 bits per heavy atom. The summed E-state index contributed by atoms with van der Waals surface area (Å²) in [6.45, 7) is 2.49. The van der Waals surface area contributed by atoms with Gasteiger partial charge in [-0.2, -0.15) is 0 Å². The highest BCUT2D eigenvalue weighted by Crippen LogP contribution is 2.31. The number of rotatable bonds is 0. The molecule has 0 unspecified atom stereocenters. The Morgan fingerprint density at radius 2 is 1.94 bits per heavy atom. The van der Waals surface area contributed by atoms with Gasteiger partial charge in [0.05, 0.1) is 0 Å². The monoisotopic (exact) mass is 261 g/mol. The van der Waals surface area contributed by atoms with Gasteiger partial charge in [-0.05, 0) is 11.1 Å². The van der Waals surface area contributed by atoms with E-state index in [9.17, 15) is 9.59 Å². The molecular formula is C14H15NO2S. The molecule has 1 saturated heterocycles. The molecule has 0 N–H and O–H groups in total. The summed E-state index contributed by atoms with van der Waals surface area (Å²) < 4.78 is 0. The molecule has 2 heterocycles. The summed E-state index contributed by atoms with van der Waals surface area (Å²) in [5.74, 6) is 0.670. The van der Waals surface area contributed by atoms with Crippen LogP contribution in [-0.4, -0.2) is 27.7 Å². The maximum Gasteiger partial charge on any atom is 0.227 e. The molecule has 0 spiro atoms. The Kier molecular flexibility index (Phi) is 2.90. The Morgan fingerprint density at radius 3 is 2.72 bits per heavy atom. The average Bonchev–Trinajstić information content (AvgIpc) is 2.50. The fraction of sp³-hybridized carbons (Fsp3) is 0.429. The van der Waals surface area contributed by atoms with Gasteiger partial charge in [0.15, 0.2) is 0 Å². The van der Waals surface area contributed by atoms with Crippen molar-refractivity contribution < 1.29 is 9.59 Å². The summed E-state index contributed by atoms with van der Waals surface area (Å²) in [7, 11) is 0. The first-order valence-electron chi connectivity index (χ1n) is 6.20. The van der Waals surface area contributed by atoms with E-state index < -0.39 is 0 Å². The van der Waals surface area contributed by atoms with Gasteiger partial charge in [0.2, 0.25) is 11.0 Å². The molecule has 1 amide bonds. The van der Waals surface area contributed by atoms with E-state index in [2.05, 4.69) is 6.07 Å². The second kappa shape index (κ2) is 4.43. The number of benzene rings is 1. The normalized spacial score (nSPS) is 27.5. The van der Waals surface area contributed by atoms with E-state index in [1.165, 1.54) is 22.9 Å². The SMILES string of the molecule is C[C@@H]1CSC(=O)[C@@H]2Cc3ccccc3CN2C1=O. The van der Waals surface area contributed by atoms with Gasteiger partial charge in [0.25, 0.3) is 0 Å². The zero-order valence-corrected chi connectivity index (χ0v) is 11.1. The topological polar surface area (TPSA) is 37.4 Å². The molecule has 0 aliphatic carbocycles. The van der Waals surface area contributed by atoms with Crippen molar-refractivity contribution in [3.05, 3.63) is 35.4 Å². The second-order valence-corrected chi connectivity index (χ2v) is 6.01. The van der Waals surface area contributed by atoms with Gasteiger partial charge < -0.3 is 4.90 Å². The standard InChI is InChI=1S/C14H15NO2S/c1-9-8-18-14(17)12-6-10-4-2-3-5-11(10)7-15(12)13(9)16/h2-5,9,12H,6-8H2,1H3/t9-,12+/m1/s1. The predicted molar refractivity (Wildman–Crippen MR) is 71.1 cm³/mol. The number of nitrogens with zero attached hydrogens (tertiary/aromatic N) is 1. The van der Waals surface area contributed by atoms with E-state index in [0.29, 0.717) is 18.7 Å². The smallest absolute Gasteiger partial charge is 0.227 e. The van der Waals surface area contributed by atoms with Crippen LogP contribution >= 0.6 is 11.8 Å². The van der Waals surface area contributed by atoms with Crippen LogP contribution in [-0.2, 0) is 22.6 Å². The molecule has 2 aliphatic heterocycles. The van der Waals surface area contributed by atoms with Gasteiger partial charge in [-0.25, -0.2) is 0 Å². The van der Waals surface area contributed by atoms with E-state index in [1.807, 2.05) is 25.1 Å². The average molecular weight is 261 g/mol. The molecule has 3 nitrogen and oxygen atoms in total. The van der Waals surface area contributed by atoms with Crippen molar-refractivity contribution in [2.75, 3.05) is 5.75 Å². The molecule has 0 aromatic heterocycles. The van der Waals surface area contributed by atoms with E-state index in [-0.39, 0.29) is 23.0 Å². The highest BCUT2D eigenvalue weighted by molar-refractivity contribution is 8.13. The van der Waals surface area contributed by atoms with E-state index in [4.69, 9.17) is 0 Å². The number of fused-ring (bicyclic) bond motifs is 2. The largest absolute Gasteiger partial charge is 0.327 e. The fourth-order valence-corrected chi connectivity index (χ4v) is 3.58. The Bertz CT molecular complexity index is 514.